The number of carbonyl (C=O) groups is 2. The zero-order valence-corrected chi connectivity index (χ0v) is 51.2. The van der Waals surface area contributed by atoms with Crippen LogP contribution in [0, 0.1) is 0 Å². The van der Waals surface area contributed by atoms with E-state index in [1.54, 1.807) is 6.08 Å². The number of unbranched alkanes of at least 4 members (excludes halogenated alkanes) is 37. The van der Waals surface area contributed by atoms with E-state index in [1.807, 2.05) is 6.08 Å². The lowest BCUT2D eigenvalue weighted by Crippen LogP contribution is -2.61. The fourth-order valence-electron chi connectivity index (χ4n) is 10.4. The molecule has 6 N–H and O–H groups in total. The van der Waals surface area contributed by atoms with Crippen molar-refractivity contribution in [3.63, 3.8) is 0 Å². The minimum absolute atomic E-state index is 0.124. The zero-order chi connectivity index (χ0) is 57.5. The van der Waals surface area contributed by atoms with E-state index in [1.165, 1.54) is 193 Å². The highest BCUT2D eigenvalue weighted by Gasteiger charge is 2.47. The van der Waals surface area contributed by atoms with E-state index in [0.29, 0.717) is 12.8 Å². The molecule has 1 heterocycles. The number of esters is 1. The van der Waals surface area contributed by atoms with Gasteiger partial charge in [-0.2, -0.15) is 0 Å². The maximum absolute atomic E-state index is 13.4. The minimum Gasteiger partial charge on any atom is -0.454 e. The van der Waals surface area contributed by atoms with Crippen LogP contribution in [0.25, 0.3) is 0 Å². The average molecular weight is 1120 g/mol. The summed E-state index contributed by atoms with van der Waals surface area (Å²) in [5.74, 6) is -1.19. The molecule has 1 saturated heterocycles. The van der Waals surface area contributed by atoms with E-state index in [4.69, 9.17) is 14.2 Å². The number of carbonyl (C=O) groups excluding carboxylic acids is 2. The number of rotatable bonds is 57. The molecule has 0 saturated carbocycles. The number of hydrogen-bond acceptors (Lipinski definition) is 10. The number of amides is 1. The van der Waals surface area contributed by atoms with Crippen molar-refractivity contribution < 1.29 is 49.3 Å². The normalized spacial score (nSPS) is 19.1. The predicted molar refractivity (Wildman–Crippen MR) is 329 cm³/mol. The third kappa shape index (κ3) is 43.9. The molecule has 11 heteroatoms. The Labute approximate surface area is 485 Å². The summed E-state index contributed by atoms with van der Waals surface area (Å²) >= 11 is 0. The van der Waals surface area contributed by atoms with Crippen molar-refractivity contribution in [3.05, 3.63) is 48.6 Å². The number of nitrogens with one attached hydrogen (secondary N) is 1. The molecule has 11 nitrogen and oxygen atoms in total. The maximum Gasteiger partial charge on any atom is 0.306 e. The molecule has 0 spiro atoms. The van der Waals surface area contributed by atoms with Gasteiger partial charge in [-0.15, -0.1) is 0 Å². The summed E-state index contributed by atoms with van der Waals surface area (Å²) in [5.41, 5.74) is 0. The SMILES string of the molecule is CCCCC/C=C\C/C=C\CCCCCCCCCCC(O)C(=O)NC(COC1OC(CO)C(O)C(O)C1OC(=O)CCCCCCCCCCCCC/C=C/CCCCCCCC)C(O)/C=C/CCCCCCCCCCC. The number of aliphatic hydroxyl groups is 5. The first kappa shape index (κ1) is 74.6. The molecule has 1 aliphatic heterocycles. The van der Waals surface area contributed by atoms with Crippen molar-refractivity contribution in [2.45, 2.75) is 359 Å². The Balaban J connectivity index is 2.60. The van der Waals surface area contributed by atoms with Gasteiger partial charge in [0.1, 0.15) is 24.4 Å². The van der Waals surface area contributed by atoms with Gasteiger partial charge in [-0.1, -0.05) is 268 Å². The number of aliphatic hydroxyl groups excluding tert-OH is 5. The van der Waals surface area contributed by atoms with Crippen molar-refractivity contribution in [2.24, 2.45) is 0 Å². The quantitative estimate of drug-likeness (QED) is 0.0195. The molecular weight excluding hydrogens is 991 g/mol. The molecule has 0 aromatic rings. The van der Waals surface area contributed by atoms with Gasteiger partial charge in [-0.05, 0) is 83.5 Å². The van der Waals surface area contributed by atoms with E-state index in [-0.39, 0.29) is 19.4 Å². The number of allylic oxidation sites excluding steroid dienone is 7. The molecule has 1 amide bonds. The Morgan fingerprint density at radius 3 is 1.33 bits per heavy atom. The second-order valence-electron chi connectivity index (χ2n) is 23.2. The summed E-state index contributed by atoms with van der Waals surface area (Å²) < 4.78 is 17.7. The number of hydrogen-bond donors (Lipinski definition) is 6. The van der Waals surface area contributed by atoms with Gasteiger partial charge in [-0.3, -0.25) is 9.59 Å². The third-order valence-electron chi connectivity index (χ3n) is 15.7. The van der Waals surface area contributed by atoms with Crippen molar-refractivity contribution >= 4 is 11.9 Å². The Morgan fingerprint density at radius 1 is 0.494 bits per heavy atom. The lowest BCUT2D eigenvalue weighted by Gasteiger charge is -2.41. The van der Waals surface area contributed by atoms with Gasteiger partial charge >= 0.3 is 5.97 Å². The van der Waals surface area contributed by atoms with E-state index in [9.17, 15) is 35.1 Å². The van der Waals surface area contributed by atoms with Gasteiger partial charge in [-0.25, -0.2) is 0 Å². The average Bonchev–Trinajstić information content (AvgIpc) is 3.45. The molecule has 0 radical (unpaired) electrons. The maximum atomic E-state index is 13.4. The molecule has 0 aromatic heterocycles. The van der Waals surface area contributed by atoms with E-state index in [0.717, 1.165) is 70.6 Å². The van der Waals surface area contributed by atoms with Gasteiger partial charge in [0.15, 0.2) is 12.4 Å². The van der Waals surface area contributed by atoms with Crippen LogP contribution >= 0.6 is 0 Å². The van der Waals surface area contributed by atoms with Crippen LogP contribution in [0.3, 0.4) is 0 Å². The topological polar surface area (TPSA) is 175 Å². The molecule has 1 aliphatic rings. The van der Waals surface area contributed by atoms with Crippen LogP contribution in [0.15, 0.2) is 48.6 Å². The third-order valence-corrected chi connectivity index (χ3v) is 15.7. The molecule has 8 atom stereocenters. The summed E-state index contributed by atoms with van der Waals surface area (Å²) in [5, 5.41) is 57.1. The molecule has 1 rings (SSSR count). The highest BCUT2D eigenvalue weighted by molar-refractivity contribution is 5.80. The summed E-state index contributed by atoms with van der Waals surface area (Å²) in [6.07, 6.45) is 58.6. The van der Waals surface area contributed by atoms with E-state index >= 15 is 0 Å². The standard InChI is InChI=1S/C68H125NO10/c1-4-7-10-13-16-19-22-24-26-28-30-31-32-34-36-38-41-44-47-50-53-56-63(73)79-66-65(75)64(74)62(57-70)78-68(66)77-58-59(60(71)54-51-48-45-42-39-21-18-15-12-9-6-3)69-67(76)61(72)55-52-49-46-43-40-37-35-33-29-27-25-23-20-17-14-11-8-5-2/h17,20,24-27,51,54,59-62,64-66,68,70-72,74-75H,4-16,18-19,21-23,28-50,52-53,55-58H2,1-3H3,(H,69,76)/b20-17-,26-24+,27-25-,54-51+. The largest absolute Gasteiger partial charge is 0.454 e. The van der Waals surface area contributed by atoms with Crippen LogP contribution in [-0.4, -0.2) is 99.6 Å². The summed E-state index contributed by atoms with van der Waals surface area (Å²) in [4.78, 5) is 26.6. The van der Waals surface area contributed by atoms with Crippen molar-refractivity contribution in [1.29, 1.82) is 0 Å². The first-order valence-electron chi connectivity index (χ1n) is 33.4. The van der Waals surface area contributed by atoms with Crippen LogP contribution in [-0.2, 0) is 23.8 Å². The highest BCUT2D eigenvalue weighted by atomic mass is 16.7. The van der Waals surface area contributed by atoms with Gasteiger partial charge in [0.2, 0.25) is 5.91 Å². The lowest BCUT2D eigenvalue weighted by molar-refractivity contribution is -0.305. The first-order valence-corrected chi connectivity index (χ1v) is 33.4. The van der Waals surface area contributed by atoms with Crippen molar-refractivity contribution in [2.75, 3.05) is 13.2 Å². The van der Waals surface area contributed by atoms with Crippen LogP contribution in [0.5, 0.6) is 0 Å². The number of ether oxygens (including phenoxy) is 3. The molecule has 8 unspecified atom stereocenters. The molecule has 0 aromatic carbocycles. The molecule has 1 fully saturated rings. The molecule has 0 aliphatic carbocycles. The van der Waals surface area contributed by atoms with Gasteiger partial charge in [0, 0.05) is 6.42 Å². The Hall–Kier alpha value is -2.38. The van der Waals surface area contributed by atoms with Crippen molar-refractivity contribution in [3.8, 4) is 0 Å². The van der Waals surface area contributed by atoms with E-state index < -0.39 is 67.4 Å². The molecule has 79 heavy (non-hydrogen) atoms. The first-order chi connectivity index (χ1) is 38.7. The molecule has 462 valence electrons. The minimum atomic E-state index is -1.61. The zero-order valence-electron chi connectivity index (χ0n) is 51.2. The Bertz CT molecular complexity index is 1470. The summed E-state index contributed by atoms with van der Waals surface area (Å²) in [6.45, 7) is 5.78. The smallest absolute Gasteiger partial charge is 0.306 e. The van der Waals surface area contributed by atoms with Gasteiger partial charge < -0.3 is 45.1 Å². The monoisotopic (exact) mass is 1120 g/mol. The molecule has 0 bridgehead atoms. The molecular formula is C68H125NO10. The predicted octanol–water partition coefficient (Wildman–Crippen LogP) is 16.4. The summed E-state index contributed by atoms with van der Waals surface area (Å²) in [6, 6.07) is -1.03. The van der Waals surface area contributed by atoms with Crippen LogP contribution in [0.4, 0.5) is 0 Å². The second kappa shape index (κ2) is 56.1. The summed E-state index contributed by atoms with van der Waals surface area (Å²) in [7, 11) is 0. The Kier molecular flexibility index (Phi) is 53.0. The van der Waals surface area contributed by atoms with Crippen LogP contribution in [0.1, 0.15) is 310 Å². The lowest BCUT2D eigenvalue weighted by atomic mass is 9.99. The Morgan fingerprint density at radius 2 is 0.873 bits per heavy atom. The highest BCUT2D eigenvalue weighted by Crippen LogP contribution is 2.26. The second-order valence-corrected chi connectivity index (χ2v) is 23.2. The van der Waals surface area contributed by atoms with Crippen LogP contribution < -0.4 is 5.32 Å². The van der Waals surface area contributed by atoms with Gasteiger partial charge in [0.25, 0.3) is 0 Å². The van der Waals surface area contributed by atoms with Crippen LogP contribution in [0.2, 0.25) is 0 Å². The fraction of sp³-hybridized carbons (Fsp3) is 0.853. The fourth-order valence-corrected chi connectivity index (χ4v) is 10.4. The van der Waals surface area contributed by atoms with E-state index in [2.05, 4.69) is 62.5 Å². The van der Waals surface area contributed by atoms with Gasteiger partial charge in [0.05, 0.1) is 25.4 Å². The van der Waals surface area contributed by atoms with Crippen molar-refractivity contribution in [1.82, 2.24) is 5.32 Å².